The van der Waals surface area contributed by atoms with Gasteiger partial charge in [-0.1, -0.05) is 36.4 Å². The van der Waals surface area contributed by atoms with Gasteiger partial charge in [-0.2, -0.15) is 16.9 Å². The highest BCUT2D eigenvalue weighted by Crippen LogP contribution is 2.27. The molecular formula is C20H21N3O2S. The first-order valence-corrected chi connectivity index (χ1v) is 9.55. The van der Waals surface area contributed by atoms with Gasteiger partial charge in [-0.3, -0.25) is 9.89 Å². The van der Waals surface area contributed by atoms with Crippen LogP contribution in [0.5, 0.6) is 5.75 Å². The van der Waals surface area contributed by atoms with Gasteiger partial charge in [0.25, 0.3) is 5.91 Å². The molecular weight excluding hydrogens is 346 g/mol. The van der Waals surface area contributed by atoms with Crippen LogP contribution in [-0.4, -0.2) is 33.5 Å². The number of phenolic OH excluding ortho intramolecular Hbond substituents is 1. The Bertz CT molecular complexity index is 892. The number of para-hydroxylation sites is 1. The van der Waals surface area contributed by atoms with E-state index < -0.39 is 0 Å². The molecule has 3 aromatic rings. The fraction of sp³-hybridized carbons (Fsp3) is 0.200. The maximum Gasteiger partial charge on any atom is 0.269 e. The van der Waals surface area contributed by atoms with Gasteiger partial charge in [0.15, 0.2) is 0 Å². The first-order chi connectivity index (χ1) is 12.6. The van der Waals surface area contributed by atoms with Gasteiger partial charge in [0.1, 0.15) is 11.4 Å². The van der Waals surface area contributed by atoms with E-state index in [9.17, 15) is 9.90 Å². The number of phenols is 1. The first-order valence-electron chi connectivity index (χ1n) is 8.39. The molecule has 0 saturated carbocycles. The number of carbonyl (C=O) groups is 1. The minimum absolute atomic E-state index is 0.138. The molecule has 134 valence electrons. The predicted octanol–water partition coefficient (Wildman–Crippen LogP) is 3.75. The lowest BCUT2D eigenvalue weighted by atomic mass is 10.1. The maximum absolute atomic E-state index is 12.2. The molecule has 0 aliphatic rings. The van der Waals surface area contributed by atoms with Gasteiger partial charge >= 0.3 is 0 Å². The summed E-state index contributed by atoms with van der Waals surface area (Å²) in [6.07, 6.45) is 0. The highest BCUT2D eigenvalue weighted by atomic mass is 32.2. The normalized spacial score (nSPS) is 10.7. The summed E-state index contributed by atoms with van der Waals surface area (Å²) >= 11 is 1.79. The average Bonchev–Trinajstić information content (AvgIpc) is 3.13. The van der Waals surface area contributed by atoms with Crippen molar-refractivity contribution in [3.8, 4) is 17.0 Å². The van der Waals surface area contributed by atoms with Crippen LogP contribution in [0.3, 0.4) is 0 Å². The number of benzene rings is 2. The number of carbonyl (C=O) groups excluding carboxylic acids is 1. The molecule has 0 bridgehead atoms. The summed E-state index contributed by atoms with van der Waals surface area (Å²) < 4.78 is 0. The largest absolute Gasteiger partial charge is 0.507 e. The molecule has 0 aliphatic carbocycles. The highest BCUT2D eigenvalue weighted by Gasteiger charge is 2.12. The van der Waals surface area contributed by atoms with Crippen LogP contribution in [0.1, 0.15) is 21.6 Å². The van der Waals surface area contributed by atoms with Crippen LogP contribution in [0.25, 0.3) is 11.3 Å². The zero-order valence-electron chi connectivity index (χ0n) is 14.5. The molecule has 0 atom stereocenters. The van der Waals surface area contributed by atoms with E-state index in [1.165, 1.54) is 11.1 Å². The predicted molar refractivity (Wildman–Crippen MR) is 105 cm³/mol. The summed E-state index contributed by atoms with van der Waals surface area (Å²) in [4.78, 5) is 12.2. The molecule has 2 aromatic carbocycles. The monoisotopic (exact) mass is 367 g/mol. The Balaban J connectivity index is 1.47. The summed E-state index contributed by atoms with van der Waals surface area (Å²) in [7, 11) is 0. The molecule has 1 amide bonds. The lowest BCUT2D eigenvalue weighted by Crippen LogP contribution is -2.26. The molecule has 6 heteroatoms. The van der Waals surface area contributed by atoms with E-state index in [-0.39, 0.29) is 11.7 Å². The molecule has 5 nitrogen and oxygen atoms in total. The number of aryl methyl sites for hydroxylation is 1. The van der Waals surface area contributed by atoms with Crippen molar-refractivity contribution in [2.45, 2.75) is 12.7 Å². The molecule has 0 spiro atoms. The summed E-state index contributed by atoms with van der Waals surface area (Å²) in [6, 6.07) is 16.9. The average molecular weight is 367 g/mol. The fourth-order valence-corrected chi connectivity index (χ4v) is 3.49. The quantitative estimate of drug-likeness (QED) is 0.556. The molecule has 26 heavy (non-hydrogen) atoms. The summed E-state index contributed by atoms with van der Waals surface area (Å²) in [5.74, 6) is 1.71. The van der Waals surface area contributed by atoms with Crippen molar-refractivity contribution >= 4 is 17.7 Å². The van der Waals surface area contributed by atoms with E-state index in [2.05, 4.69) is 34.6 Å². The summed E-state index contributed by atoms with van der Waals surface area (Å²) in [5.41, 5.74) is 4.13. The van der Waals surface area contributed by atoms with Crippen LogP contribution < -0.4 is 5.32 Å². The van der Waals surface area contributed by atoms with Crippen LogP contribution in [0.4, 0.5) is 0 Å². The topological polar surface area (TPSA) is 78.0 Å². The molecule has 1 heterocycles. The molecule has 0 radical (unpaired) electrons. The molecule has 0 unspecified atom stereocenters. The van der Waals surface area contributed by atoms with Crippen LogP contribution in [0.15, 0.2) is 54.6 Å². The Labute approximate surface area is 156 Å². The van der Waals surface area contributed by atoms with Gasteiger partial charge in [-0.05, 0) is 36.2 Å². The lowest BCUT2D eigenvalue weighted by Gasteiger charge is -2.06. The van der Waals surface area contributed by atoms with Gasteiger partial charge in [-0.15, -0.1) is 0 Å². The van der Waals surface area contributed by atoms with Crippen LogP contribution in [0, 0.1) is 6.92 Å². The number of aromatic nitrogens is 2. The minimum atomic E-state index is -0.198. The minimum Gasteiger partial charge on any atom is -0.507 e. The SMILES string of the molecule is Cc1ccccc1CSCCNC(=O)c1cc(-c2ccccc2O)n[nH]1. The van der Waals surface area contributed by atoms with Gasteiger partial charge in [0.2, 0.25) is 0 Å². The van der Waals surface area contributed by atoms with Crippen molar-refractivity contribution in [3.63, 3.8) is 0 Å². The van der Waals surface area contributed by atoms with Crippen molar-refractivity contribution in [2.75, 3.05) is 12.3 Å². The van der Waals surface area contributed by atoms with Gasteiger partial charge < -0.3 is 10.4 Å². The number of nitrogens with one attached hydrogen (secondary N) is 2. The maximum atomic E-state index is 12.2. The second-order valence-electron chi connectivity index (χ2n) is 5.92. The zero-order valence-corrected chi connectivity index (χ0v) is 15.3. The number of thioether (sulfide) groups is 1. The van der Waals surface area contributed by atoms with Crippen LogP contribution in [0.2, 0.25) is 0 Å². The Morgan fingerprint density at radius 2 is 1.96 bits per heavy atom. The van der Waals surface area contributed by atoms with Gasteiger partial charge in [0, 0.05) is 23.6 Å². The number of hydrogen-bond donors (Lipinski definition) is 3. The van der Waals surface area contributed by atoms with E-state index in [1.54, 1.807) is 36.0 Å². The first kappa shape index (κ1) is 18.1. The molecule has 3 rings (SSSR count). The Hall–Kier alpha value is -2.73. The molecule has 1 aromatic heterocycles. The fourth-order valence-electron chi connectivity index (χ4n) is 2.55. The van der Waals surface area contributed by atoms with E-state index in [1.807, 2.05) is 18.2 Å². The third-order valence-electron chi connectivity index (χ3n) is 4.05. The highest BCUT2D eigenvalue weighted by molar-refractivity contribution is 7.98. The standard InChI is InChI=1S/C20H21N3O2S/c1-14-6-2-3-7-15(14)13-26-11-10-21-20(25)18-12-17(22-23-18)16-8-4-5-9-19(16)24/h2-9,12,24H,10-11,13H2,1H3,(H,21,25)(H,22,23). The second-order valence-corrected chi connectivity index (χ2v) is 7.02. The number of hydrogen-bond acceptors (Lipinski definition) is 4. The third-order valence-corrected chi connectivity index (χ3v) is 5.06. The Morgan fingerprint density at radius 3 is 2.77 bits per heavy atom. The van der Waals surface area contributed by atoms with E-state index in [0.29, 0.717) is 23.5 Å². The van der Waals surface area contributed by atoms with E-state index in [0.717, 1.165) is 11.5 Å². The Kier molecular flexibility index (Phi) is 5.96. The van der Waals surface area contributed by atoms with Gasteiger partial charge in [-0.25, -0.2) is 0 Å². The summed E-state index contributed by atoms with van der Waals surface area (Å²) in [5, 5.41) is 19.6. The number of amides is 1. The molecule has 0 fully saturated rings. The number of nitrogens with zero attached hydrogens (tertiary/aromatic N) is 1. The van der Waals surface area contributed by atoms with Crippen molar-refractivity contribution in [2.24, 2.45) is 0 Å². The third kappa shape index (κ3) is 4.46. The number of H-pyrrole nitrogens is 1. The van der Waals surface area contributed by atoms with Crippen LogP contribution in [-0.2, 0) is 5.75 Å². The Morgan fingerprint density at radius 1 is 1.19 bits per heavy atom. The van der Waals surface area contributed by atoms with Crippen molar-refractivity contribution < 1.29 is 9.90 Å². The lowest BCUT2D eigenvalue weighted by molar-refractivity contribution is 0.0951. The molecule has 0 saturated heterocycles. The smallest absolute Gasteiger partial charge is 0.269 e. The van der Waals surface area contributed by atoms with E-state index >= 15 is 0 Å². The van der Waals surface area contributed by atoms with Crippen LogP contribution >= 0.6 is 11.8 Å². The molecule has 3 N–H and O–H groups in total. The second kappa shape index (κ2) is 8.58. The zero-order chi connectivity index (χ0) is 18.4. The van der Waals surface area contributed by atoms with Crippen molar-refractivity contribution in [3.05, 3.63) is 71.4 Å². The van der Waals surface area contributed by atoms with Crippen molar-refractivity contribution in [1.82, 2.24) is 15.5 Å². The number of aromatic amines is 1. The number of aromatic hydroxyl groups is 1. The molecule has 0 aliphatic heterocycles. The van der Waals surface area contributed by atoms with Crippen molar-refractivity contribution in [1.29, 1.82) is 0 Å². The number of rotatable bonds is 7. The van der Waals surface area contributed by atoms with Gasteiger partial charge in [0.05, 0.1) is 5.69 Å². The van der Waals surface area contributed by atoms with E-state index in [4.69, 9.17) is 0 Å². The summed E-state index contributed by atoms with van der Waals surface area (Å²) in [6.45, 7) is 2.69.